The molecule has 0 unspecified atom stereocenters. The zero-order valence-corrected chi connectivity index (χ0v) is 10.9. The number of hydrogen-bond acceptors (Lipinski definition) is 6. The van der Waals surface area contributed by atoms with Crippen molar-refractivity contribution in [2.75, 3.05) is 17.2 Å². The van der Waals surface area contributed by atoms with Crippen LogP contribution in [0.15, 0.2) is 30.3 Å². The monoisotopic (exact) mass is 266 g/mol. The van der Waals surface area contributed by atoms with Crippen molar-refractivity contribution in [3.8, 4) is 6.07 Å². The number of nitriles is 1. The number of benzene rings is 1. The van der Waals surface area contributed by atoms with Crippen LogP contribution < -0.4 is 10.6 Å². The average molecular weight is 266 g/mol. The molecule has 1 aromatic heterocycles. The number of rotatable bonds is 5. The lowest BCUT2D eigenvalue weighted by Gasteiger charge is -2.07. The van der Waals surface area contributed by atoms with Crippen molar-refractivity contribution in [1.82, 2.24) is 15.0 Å². The molecule has 6 nitrogen and oxygen atoms in total. The minimum Gasteiger partial charge on any atom is -0.354 e. The molecule has 0 amide bonds. The predicted octanol–water partition coefficient (Wildman–Crippen LogP) is 2.31. The van der Waals surface area contributed by atoms with E-state index in [0.717, 1.165) is 12.2 Å². The van der Waals surface area contributed by atoms with Crippen LogP contribution >= 0.6 is 0 Å². The van der Waals surface area contributed by atoms with Gasteiger partial charge in [0.1, 0.15) is 6.07 Å². The first-order chi connectivity index (χ1) is 9.83. The highest BCUT2D eigenvalue weighted by molar-refractivity contribution is 5.54. The van der Waals surface area contributed by atoms with Gasteiger partial charge < -0.3 is 10.6 Å². The van der Waals surface area contributed by atoms with Crippen molar-refractivity contribution in [2.24, 2.45) is 5.92 Å². The molecular weight excluding hydrogens is 252 g/mol. The Morgan fingerprint density at radius 2 is 1.85 bits per heavy atom. The molecule has 2 aromatic rings. The molecule has 0 aliphatic heterocycles. The van der Waals surface area contributed by atoms with Crippen molar-refractivity contribution in [3.63, 3.8) is 0 Å². The SMILES string of the molecule is N#Cc1nc(NCC2CC2)nc(Nc2ccccc2)n1. The van der Waals surface area contributed by atoms with Gasteiger partial charge in [-0.25, -0.2) is 0 Å². The molecule has 1 aliphatic rings. The van der Waals surface area contributed by atoms with E-state index in [-0.39, 0.29) is 5.82 Å². The molecule has 0 bridgehead atoms. The van der Waals surface area contributed by atoms with Crippen LogP contribution in [-0.2, 0) is 0 Å². The quantitative estimate of drug-likeness (QED) is 0.863. The zero-order valence-electron chi connectivity index (χ0n) is 10.9. The molecule has 6 heteroatoms. The average Bonchev–Trinajstić information content (AvgIpc) is 3.30. The van der Waals surface area contributed by atoms with Crippen LogP contribution in [0.5, 0.6) is 0 Å². The largest absolute Gasteiger partial charge is 0.354 e. The first-order valence-electron chi connectivity index (χ1n) is 6.55. The summed E-state index contributed by atoms with van der Waals surface area (Å²) in [5.74, 6) is 1.64. The van der Waals surface area contributed by atoms with Gasteiger partial charge in [-0.3, -0.25) is 0 Å². The molecule has 3 rings (SSSR count). The predicted molar refractivity (Wildman–Crippen MR) is 75.5 cm³/mol. The van der Waals surface area contributed by atoms with Crippen LogP contribution in [0.3, 0.4) is 0 Å². The van der Waals surface area contributed by atoms with Crippen LogP contribution in [0.25, 0.3) is 0 Å². The van der Waals surface area contributed by atoms with Crippen molar-refractivity contribution >= 4 is 17.6 Å². The van der Waals surface area contributed by atoms with Crippen molar-refractivity contribution in [3.05, 3.63) is 36.2 Å². The fourth-order valence-corrected chi connectivity index (χ4v) is 1.77. The summed E-state index contributed by atoms with van der Waals surface area (Å²) in [4.78, 5) is 12.4. The maximum atomic E-state index is 8.98. The summed E-state index contributed by atoms with van der Waals surface area (Å²) >= 11 is 0. The second-order valence-corrected chi connectivity index (χ2v) is 4.73. The highest BCUT2D eigenvalue weighted by atomic mass is 15.2. The van der Waals surface area contributed by atoms with E-state index < -0.39 is 0 Å². The Bertz CT molecular complexity index is 630. The lowest BCUT2D eigenvalue weighted by molar-refractivity contribution is 0.867. The van der Waals surface area contributed by atoms with Crippen molar-refractivity contribution in [1.29, 1.82) is 5.26 Å². The molecular formula is C14H14N6. The van der Waals surface area contributed by atoms with Crippen molar-refractivity contribution < 1.29 is 0 Å². The van der Waals surface area contributed by atoms with Crippen LogP contribution in [0, 0.1) is 17.2 Å². The molecule has 1 aliphatic carbocycles. The van der Waals surface area contributed by atoms with Gasteiger partial charge in [0.25, 0.3) is 0 Å². The summed E-state index contributed by atoms with van der Waals surface area (Å²) < 4.78 is 0. The summed E-state index contributed by atoms with van der Waals surface area (Å²) in [5.41, 5.74) is 0.871. The summed E-state index contributed by atoms with van der Waals surface area (Å²) in [6.45, 7) is 0.847. The molecule has 20 heavy (non-hydrogen) atoms. The van der Waals surface area contributed by atoms with E-state index in [9.17, 15) is 0 Å². The molecule has 1 saturated carbocycles. The topological polar surface area (TPSA) is 86.5 Å². The molecule has 0 spiro atoms. The van der Waals surface area contributed by atoms with Gasteiger partial charge in [-0.15, -0.1) is 0 Å². The van der Waals surface area contributed by atoms with Gasteiger partial charge in [0.15, 0.2) is 0 Å². The molecule has 0 atom stereocenters. The maximum absolute atomic E-state index is 8.98. The number of aromatic nitrogens is 3. The zero-order chi connectivity index (χ0) is 13.8. The molecule has 100 valence electrons. The third-order valence-corrected chi connectivity index (χ3v) is 3.01. The summed E-state index contributed by atoms with van der Waals surface area (Å²) in [5, 5.41) is 15.2. The van der Waals surface area contributed by atoms with Gasteiger partial charge in [0, 0.05) is 12.2 Å². The van der Waals surface area contributed by atoms with Gasteiger partial charge in [0.05, 0.1) is 0 Å². The number of nitrogens with one attached hydrogen (secondary N) is 2. The van der Waals surface area contributed by atoms with E-state index in [0.29, 0.717) is 17.8 Å². The molecule has 1 heterocycles. The number of para-hydroxylation sites is 1. The van der Waals surface area contributed by atoms with E-state index in [2.05, 4.69) is 25.6 Å². The lowest BCUT2D eigenvalue weighted by Crippen LogP contribution is -2.10. The summed E-state index contributed by atoms with van der Waals surface area (Å²) in [6, 6.07) is 11.5. The Hall–Kier alpha value is -2.68. The Morgan fingerprint density at radius 3 is 2.55 bits per heavy atom. The lowest BCUT2D eigenvalue weighted by atomic mass is 10.3. The molecule has 0 saturated heterocycles. The first-order valence-corrected chi connectivity index (χ1v) is 6.55. The van der Waals surface area contributed by atoms with Crippen LogP contribution in [0.1, 0.15) is 18.7 Å². The highest BCUT2D eigenvalue weighted by Crippen LogP contribution is 2.28. The van der Waals surface area contributed by atoms with E-state index in [1.54, 1.807) is 0 Å². The molecule has 1 aromatic carbocycles. The Morgan fingerprint density at radius 1 is 1.10 bits per heavy atom. The Kier molecular flexibility index (Phi) is 3.42. The smallest absolute Gasteiger partial charge is 0.238 e. The normalized spacial score (nSPS) is 13.6. The molecule has 2 N–H and O–H groups in total. The van der Waals surface area contributed by atoms with E-state index >= 15 is 0 Å². The third kappa shape index (κ3) is 3.20. The Labute approximate surface area is 116 Å². The number of nitrogens with zero attached hydrogens (tertiary/aromatic N) is 4. The van der Waals surface area contributed by atoms with Gasteiger partial charge in [-0.05, 0) is 30.9 Å². The third-order valence-electron chi connectivity index (χ3n) is 3.01. The van der Waals surface area contributed by atoms with E-state index in [1.165, 1.54) is 12.8 Å². The van der Waals surface area contributed by atoms with Gasteiger partial charge >= 0.3 is 0 Å². The molecule has 1 fully saturated rings. The van der Waals surface area contributed by atoms with Crippen LogP contribution in [0.2, 0.25) is 0 Å². The first kappa shape index (κ1) is 12.4. The van der Waals surface area contributed by atoms with Gasteiger partial charge in [0.2, 0.25) is 17.7 Å². The van der Waals surface area contributed by atoms with E-state index in [1.807, 2.05) is 36.4 Å². The standard InChI is InChI=1S/C14H14N6/c15-8-12-18-13(16-9-10-6-7-10)20-14(19-12)17-11-4-2-1-3-5-11/h1-5,10H,6-7,9H2,(H2,16,17,18,19,20). The maximum Gasteiger partial charge on any atom is 0.238 e. The minimum absolute atomic E-state index is 0.108. The Balaban J connectivity index is 1.78. The highest BCUT2D eigenvalue weighted by Gasteiger charge is 2.21. The van der Waals surface area contributed by atoms with Gasteiger partial charge in [-0.2, -0.15) is 20.2 Å². The second-order valence-electron chi connectivity index (χ2n) is 4.73. The van der Waals surface area contributed by atoms with Crippen LogP contribution in [0.4, 0.5) is 17.6 Å². The number of hydrogen-bond donors (Lipinski definition) is 2. The van der Waals surface area contributed by atoms with Gasteiger partial charge in [-0.1, -0.05) is 18.2 Å². The summed E-state index contributed by atoms with van der Waals surface area (Å²) in [7, 11) is 0. The van der Waals surface area contributed by atoms with E-state index in [4.69, 9.17) is 5.26 Å². The second kappa shape index (κ2) is 5.53. The molecule has 0 radical (unpaired) electrons. The fourth-order valence-electron chi connectivity index (χ4n) is 1.77. The minimum atomic E-state index is 0.108. The van der Waals surface area contributed by atoms with Crippen molar-refractivity contribution in [2.45, 2.75) is 12.8 Å². The fraction of sp³-hybridized carbons (Fsp3) is 0.286. The number of anilines is 3. The van der Waals surface area contributed by atoms with Crippen LogP contribution in [-0.4, -0.2) is 21.5 Å². The summed E-state index contributed by atoms with van der Waals surface area (Å²) in [6.07, 6.45) is 2.50.